The van der Waals surface area contributed by atoms with Crippen LogP contribution in [0.2, 0.25) is 0 Å². The minimum Gasteiger partial charge on any atom is -0.330 e. The summed E-state index contributed by atoms with van der Waals surface area (Å²) < 4.78 is 24.0. The van der Waals surface area contributed by atoms with Crippen molar-refractivity contribution in [3.05, 3.63) is 30.3 Å². The van der Waals surface area contributed by atoms with Gasteiger partial charge in [-0.2, -0.15) is 0 Å². The van der Waals surface area contributed by atoms with Crippen LogP contribution in [0.15, 0.2) is 35.2 Å². The van der Waals surface area contributed by atoms with E-state index in [9.17, 15) is 8.42 Å². The van der Waals surface area contributed by atoms with E-state index in [0.717, 1.165) is 12.8 Å². The first kappa shape index (κ1) is 15.2. The molecule has 0 atom stereocenters. The molecule has 0 amide bonds. The van der Waals surface area contributed by atoms with E-state index in [0.29, 0.717) is 17.9 Å². The minimum absolute atomic E-state index is 0.108. The molecule has 4 heteroatoms. The number of rotatable bonds is 7. The Morgan fingerprint density at radius 3 is 2.28 bits per heavy atom. The van der Waals surface area contributed by atoms with E-state index < -0.39 is 9.84 Å². The molecule has 18 heavy (non-hydrogen) atoms. The summed E-state index contributed by atoms with van der Waals surface area (Å²) in [4.78, 5) is 0.420. The first-order chi connectivity index (χ1) is 8.37. The van der Waals surface area contributed by atoms with Crippen molar-refractivity contribution in [1.82, 2.24) is 0 Å². The van der Waals surface area contributed by atoms with E-state index in [2.05, 4.69) is 13.8 Å². The van der Waals surface area contributed by atoms with Crippen molar-refractivity contribution in [2.45, 2.75) is 38.0 Å². The number of sulfone groups is 1. The lowest BCUT2D eigenvalue weighted by molar-refractivity contribution is 0.335. The molecular formula is C14H23NO2S. The highest BCUT2D eigenvalue weighted by Crippen LogP contribution is 2.22. The highest BCUT2D eigenvalue weighted by molar-refractivity contribution is 7.91. The predicted octanol–water partition coefficient (Wildman–Crippen LogP) is 2.62. The number of unbranched alkanes of at least 4 members (excludes halogenated alkanes) is 1. The summed E-state index contributed by atoms with van der Waals surface area (Å²) in [6.07, 6.45) is 2.56. The van der Waals surface area contributed by atoms with Gasteiger partial charge in [0.05, 0.1) is 10.6 Å². The Bertz CT molecular complexity index is 452. The summed E-state index contributed by atoms with van der Waals surface area (Å²) in [5.41, 5.74) is 5.75. The molecule has 1 aromatic rings. The van der Waals surface area contributed by atoms with E-state index in [-0.39, 0.29) is 11.2 Å². The summed E-state index contributed by atoms with van der Waals surface area (Å²) in [5.74, 6) is 0.220. The van der Waals surface area contributed by atoms with Crippen molar-refractivity contribution in [2.75, 3.05) is 12.3 Å². The lowest BCUT2D eigenvalue weighted by atomic mass is 9.88. The third-order valence-corrected chi connectivity index (χ3v) is 4.99. The normalized spacial score (nSPS) is 12.6. The van der Waals surface area contributed by atoms with E-state index in [1.165, 1.54) is 0 Å². The molecule has 0 unspecified atom stereocenters. The molecule has 102 valence electrons. The van der Waals surface area contributed by atoms with Gasteiger partial charge >= 0.3 is 0 Å². The summed E-state index contributed by atoms with van der Waals surface area (Å²) >= 11 is 0. The molecule has 0 aliphatic carbocycles. The maximum absolute atomic E-state index is 12.0. The standard InChI is InChI=1S/C14H23NO2S/c1-14(2,12-15)10-6-7-11-18(16,17)13-8-4-3-5-9-13/h3-5,8-9H,6-7,10-12,15H2,1-2H3. The molecule has 0 aliphatic rings. The average molecular weight is 269 g/mol. The summed E-state index contributed by atoms with van der Waals surface area (Å²) in [6, 6.07) is 8.63. The highest BCUT2D eigenvalue weighted by atomic mass is 32.2. The maximum atomic E-state index is 12.0. The number of nitrogens with two attached hydrogens (primary N) is 1. The maximum Gasteiger partial charge on any atom is 0.178 e. The summed E-state index contributed by atoms with van der Waals surface area (Å²) in [5, 5.41) is 0. The van der Waals surface area contributed by atoms with Crippen LogP contribution in [0.1, 0.15) is 33.1 Å². The number of benzene rings is 1. The van der Waals surface area contributed by atoms with Crippen LogP contribution in [-0.2, 0) is 9.84 Å². The zero-order valence-electron chi connectivity index (χ0n) is 11.2. The van der Waals surface area contributed by atoms with Crippen molar-refractivity contribution in [1.29, 1.82) is 0 Å². The molecule has 0 fully saturated rings. The van der Waals surface area contributed by atoms with E-state index in [4.69, 9.17) is 5.73 Å². The van der Waals surface area contributed by atoms with Gasteiger partial charge in [-0.25, -0.2) is 8.42 Å². The van der Waals surface area contributed by atoms with Gasteiger partial charge < -0.3 is 5.73 Å². The molecule has 0 heterocycles. The van der Waals surface area contributed by atoms with Crippen LogP contribution in [0.25, 0.3) is 0 Å². The third-order valence-electron chi connectivity index (χ3n) is 3.17. The zero-order valence-corrected chi connectivity index (χ0v) is 12.0. The van der Waals surface area contributed by atoms with Crippen LogP contribution in [0, 0.1) is 5.41 Å². The molecule has 0 spiro atoms. The first-order valence-electron chi connectivity index (χ1n) is 6.35. The minimum atomic E-state index is -3.12. The molecule has 1 rings (SSSR count). The second kappa shape index (κ2) is 6.34. The lowest BCUT2D eigenvalue weighted by Crippen LogP contribution is -2.23. The Labute approximate surface area is 110 Å². The van der Waals surface area contributed by atoms with Crippen molar-refractivity contribution < 1.29 is 8.42 Å². The van der Waals surface area contributed by atoms with Gasteiger partial charge in [0.25, 0.3) is 0 Å². The number of hydrogen-bond donors (Lipinski definition) is 1. The van der Waals surface area contributed by atoms with Gasteiger partial charge in [0.1, 0.15) is 0 Å². The monoisotopic (exact) mass is 269 g/mol. The molecule has 0 bridgehead atoms. The fourth-order valence-corrected chi connectivity index (χ4v) is 3.14. The second-order valence-corrected chi connectivity index (χ2v) is 7.57. The van der Waals surface area contributed by atoms with Crippen molar-refractivity contribution in [3.63, 3.8) is 0 Å². The quantitative estimate of drug-likeness (QED) is 0.774. The molecule has 3 nitrogen and oxygen atoms in total. The van der Waals surface area contributed by atoms with Gasteiger partial charge in [0.15, 0.2) is 9.84 Å². The van der Waals surface area contributed by atoms with E-state index >= 15 is 0 Å². The fraction of sp³-hybridized carbons (Fsp3) is 0.571. The van der Waals surface area contributed by atoms with Crippen molar-refractivity contribution in [3.8, 4) is 0 Å². The van der Waals surface area contributed by atoms with Crippen LogP contribution in [-0.4, -0.2) is 20.7 Å². The van der Waals surface area contributed by atoms with Crippen LogP contribution in [0.3, 0.4) is 0 Å². The molecule has 0 aromatic heterocycles. The van der Waals surface area contributed by atoms with Gasteiger partial charge in [0.2, 0.25) is 0 Å². The van der Waals surface area contributed by atoms with Gasteiger partial charge in [-0.15, -0.1) is 0 Å². The SMILES string of the molecule is CC(C)(CN)CCCCS(=O)(=O)c1ccccc1. The Morgan fingerprint density at radius 2 is 1.72 bits per heavy atom. The Morgan fingerprint density at radius 1 is 1.11 bits per heavy atom. The van der Waals surface area contributed by atoms with Crippen LogP contribution in [0.4, 0.5) is 0 Å². The predicted molar refractivity (Wildman–Crippen MR) is 75.2 cm³/mol. The van der Waals surface area contributed by atoms with Crippen LogP contribution in [0.5, 0.6) is 0 Å². The lowest BCUT2D eigenvalue weighted by Gasteiger charge is -2.21. The van der Waals surface area contributed by atoms with Gasteiger partial charge in [-0.05, 0) is 36.9 Å². The fourth-order valence-electron chi connectivity index (χ4n) is 1.74. The molecule has 0 saturated carbocycles. The summed E-state index contributed by atoms with van der Waals surface area (Å²) in [6.45, 7) is 4.86. The summed E-state index contributed by atoms with van der Waals surface area (Å²) in [7, 11) is -3.12. The topological polar surface area (TPSA) is 60.2 Å². The average Bonchev–Trinajstić information content (AvgIpc) is 2.36. The molecule has 1 aromatic carbocycles. The second-order valence-electron chi connectivity index (χ2n) is 5.46. The third kappa shape index (κ3) is 4.78. The Hall–Kier alpha value is -0.870. The van der Waals surface area contributed by atoms with Crippen LogP contribution < -0.4 is 5.73 Å². The van der Waals surface area contributed by atoms with Crippen LogP contribution >= 0.6 is 0 Å². The van der Waals surface area contributed by atoms with Gasteiger partial charge in [-0.1, -0.05) is 38.5 Å². The zero-order chi connectivity index (χ0) is 13.6. The molecule has 0 saturated heterocycles. The molecular weight excluding hydrogens is 246 g/mol. The molecule has 0 aliphatic heterocycles. The molecule has 2 N–H and O–H groups in total. The van der Waals surface area contributed by atoms with E-state index in [1.807, 2.05) is 6.07 Å². The van der Waals surface area contributed by atoms with Crippen molar-refractivity contribution >= 4 is 9.84 Å². The van der Waals surface area contributed by atoms with Gasteiger partial charge in [0, 0.05) is 0 Å². The van der Waals surface area contributed by atoms with Gasteiger partial charge in [-0.3, -0.25) is 0 Å². The first-order valence-corrected chi connectivity index (χ1v) is 8.00. The Kier molecular flexibility index (Phi) is 5.35. The highest BCUT2D eigenvalue weighted by Gasteiger charge is 2.17. The largest absolute Gasteiger partial charge is 0.330 e. The van der Waals surface area contributed by atoms with Crippen molar-refractivity contribution in [2.24, 2.45) is 11.1 Å². The Balaban J connectivity index is 2.45. The molecule has 0 radical (unpaired) electrons. The van der Waals surface area contributed by atoms with E-state index in [1.54, 1.807) is 24.3 Å². The number of hydrogen-bond acceptors (Lipinski definition) is 3. The smallest absolute Gasteiger partial charge is 0.178 e.